The quantitative estimate of drug-likeness (QED) is 0.293. The number of benzene rings is 1. The van der Waals surface area contributed by atoms with Gasteiger partial charge in [-0.15, -0.1) is 0 Å². The van der Waals surface area contributed by atoms with Gasteiger partial charge in [-0.3, -0.25) is 9.78 Å². The van der Waals surface area contributed by atoms with Crippen LogP contribution in [0.1, 0.15) is 12.5 Å². The van der Waals surface area contributed by atoms with Gasteiger partial charge in [0.1, 0.15) is 23.1 Å². The van der Waals surface area contributed by atoms with Gasteiger partial charge in [0.05, 0.1) is 22.1 Å². The van der Waals surface area contributed by atoms with Crippen LogP contribution >= 0.6 is 8.58 Å². The number of aromatic hydroxyl groups is 1. The Kier molecular flexibility index (Phi) is 7.33. The molecular formula is C28H27F2N6O3P. The van der Waals surface area contributed by atoms with Crippen molar-refractivity contribution in [2.24, 2.45) is 0 Å². The molecular weight excluding hydrogens is 537 g/mol. The number of halogens is 2. The van der Waals surface area contributed by atoms with Crippen molar-refractivity contribution in [1.29, 1.82) is 0 Å². The van der Waals surface area contributed by atoms with Crippen LogP contribution in [0.4, 0.5) is 14.6 Å². The molecule has 5 rings (SSSR count). The second-order valence-corrected chi connectivity index (χ2v) is 10.5. The third-order valence-electron chi connectivity index (χ3n) is 7.00. The third kappa shape index (κ3) is 4.60. The average Bonchev–Trinajstić information content (AvgIpc) is 2.93. The van der Waals surface area contributed by atoms with Crippen LogP contribution < -0.4 is 16.0 Å². The number of anilines is 1. The Hall–Kier alpha value is -4.24. The van der Waals surface area contributed by atoms with Gasteiger partial charge in [0.25, 0.3) is 0 Å². The summed E-state index contributed by atoms with van der Waals surface area (Å²) in [7, 11) is 0.218. The van der Waals surface area contributed by atoms with E-state index in [1.807, 2.05) is 25.4 Å². The summed E-state index contributed by atoms with van der Waals surface area (Å²) in [6.07, 6.45) is 2.89. The Balaban J connectivity index is 1.82. The summed E-state index contributed by atoms with van der Waals surface area (Å²) >= 11 is 0. The molecule has 4 heterocycles. The van der Waals surface area contributed by atoms with Crippen LogP contribution in [0.15, 0.2) is 54.0 Å². The van der Waals surface area contributed by atoms with E-state index >= 15 is 4.39 Å². The number of aryl methyl sites for hydroxylation is 1. The highest BCUT2D eigenvalue weighted by Gasteiger charge is 2.30. The molecule has 0 aliphatic carbocycles. The van der Waals surface area contributed by atoms with Crippen LogP contribution in [0.3, 0.4) is 0 Å². The standard InChI is InChI=1S/C28H27F2N6O3P/c1-5-21(38)34-11-12-35(16(3)14-34)25-17-13-19(30)23(22-18(29)7-6-8-20(22)37)32-26(17)36(28(39)33-25)24-15(2)9-10-31-27(24)40-4/h5-10,13,16,37,40H,1,11-12,14H2,2-4H3/t16-/m0/s1. The Morgan fingerprint density at radius 1 is 1.20 bits per heavy atom. The fraction of sp³-hybridized carbons (Fsp3) is 0.250. The minimum absolute atomic E-state index is 0.0430. The zero-order valence-electron chi connectivity index (χ0n) is 22.2. The van der Waals surface area contributed by atoms with Crippen LogP contribution in [0.25, 0.3) is 28.0 Å². The lowest BCUT2D eigenvalue weighted by atomic mass is 10.1. The summed E-state index contributed by atoms with van der Waals surface area (Å²) in [5.41, 5.74) is 0.344. The highest BCUT2D eigenvalue weighted by atomic mass is 31.1. The molecule has 12 heteroatoms. The maximum absolute atomic E-state index is 15.7. The number of hydrogen-bond acceptors (Lipinski definition) is 7. The molecule has 4 aromatic rings. The Bertz CT molecular complexity index is 1710. The Labute approximate surface area is 230 Å². The number of rotatable bonds is 5. The van der Waals surface area contributed by atoms with Gasteiger partial charge in [-0.05, 0) is 56.4 Å². The van der Waals surface area contributed by atoms with Crippen molar-refractivity contribution in [3.05, 3.63) is 76.9 Å². The number of phenols is 1. The molecule has 3 aromatic heterocycles. The Morgan fingerprint density at radius 3 is 2.65 bits per heavy atom. The van der Waals surface area contributed by atoms with Crippen LogP contribution in [0.5, 0.6) is 5.75 Å². The summed E-state index contributed by atoms with van der Waals surface area (Å²) in [6.45, 7) is 10.2. The number of nitrogens with zero attached hydrogens (tertiary/aromatic N) is 6. The second-order valence-electron chi connectivity index (χ2n) is 9.48. The first-order valence-electron chi connectivity index (χ1n) is 12.6. The number of fused-ring (bicyclic) bond motifs is 1. The predicted molar refractivity (Wildman–Crippen MR) is 152 cm³/mol. The lowest BCUT2D eigenvalue weighted by molar-refractivity contribution is -0.126. The fourth-order valence-corrected chi connectivity index (χ4v) is 5.82. The zero-order chi connectivity index (χ0) is 28.7. The molecule has 1 aromatic carbocycles. The van der Waals surface area contributed by atoms with Gasteiger partial charge in [-0.2, -0.15) is 4.98 Å². The number of carbonyl (C=O) groups excluding carboxylic acids is 1. The number of phenolic OH excluding ortho intramolecular Hbond substituents is 1. The highest BCUT2D eigenvalue weighted by molar-refractivity contribution is 7.46. The van der Waals surface area contributed by atoms with Gasteiger partial charge in [-0.25, -0.2) is 23.1 Å². The molecule has 1 fully saturated rings. The van der Waals surface area contributed by atoms with Crippen molar-refractivity contribution in [2.75, 3.05) is 31.2 Å². The number of hydrogen-bond donors (Lipinski definition) is 1. The molecule has 40 heavy (non-hydrogen) atoms. The summed E-state index contributed by atoms with van der Waals surface area (Å²) in [5, 5.41) is 10.6. The third-order valence-corrected chi connectivity index (χ3v) is 7.84. The smallest absolute Gasteiger partial charge is 0.355 e. The fourth-order valence-electron chi connectivity index (χ4n) is 5.07. The van der Waals surface area contributed by atoms with E-state index < -0.39 is 34.3 Å². The van der Waals surface area contributed by atoms with E-state index in [1.165, 1.54) is 22.8 Å². The zero-order valence-corrected chi connectivity index (χ0v) is 23.2. The second kappa shape index (κ2) is 10.7. The van der Waals surface area contributed by atoms with Crippen molar-refractivity contribution < 1.29 is 18.7 Å². The molecule has 206 valence electrons. The first kappa shape index (κ1) is 27.3. The van der Waals surface area contributed by atoms with Gasteiger partial charge >= 0.3 is 5.69 Å². The van der Waals surface area contributed by atoms with Crippen LogP contribution in [-0.4, -0.2) is 67.8 Å². The molecule has 9 nitrogen and oxygen atoms in total. The van der Waals surface area contributed by atoms with E-state index in [1.54, 1.807) is 17.2 Å². The van der Waals surface area contributed by atoms with E-state index in [0.29, 0.717) is 30.8 Å². The average molecular weight is 565 g/mol. The van der Waals surface area contributed by atoms with Crippen LogP contribution in [-0.2, 0) is 4.79 Å². The SMILES string of the molecule is C=CC(=O)N1CCN(c2nc(=O)n(-c3c(C)ccnc3PC)c3nc(-c4c(O)cccc4F)c(F)cc23)[C@@H](C)C1. The van der Waals surface area contributed by atoms with Crippen molar-refractivity contribution >= 4 is 36.8 Å². The topological polar surface area (TPSA) is 104 Å². The molecule has 1 amide bonds. The monoisotopic (exact) mass is 564 g/mol. The van der Waals surface area contributed by atoms with Crippen molar-refractivity contribution in [1.82, 2.24) is 24.4 Å². The Morgan fingerprint density at radius 2 is 1.98 bits per heavy atom. The number of pyridine rings is 2. The van der Waals surface area contributed by atoms with Gasteiger partial charge in [-0.1, -0.05) is 21.2 Å². The molecule has 0 bridgehead atoms. The first-order valence-corrected chi connectivity index (χ1v) is 14.1. The van der Waals surface area contributed by atoms with Crippen molar-refractivity contribution in [3.8, 4) is 22.7 Å². The number of aromatic nitrogens is 4. The molecule has 1 unspecified atom stereocenters. The first-order chi connectivity index (χ1) is 19.2. The summed E-state index contributed by atoms with van der Waals surface area (Å²) in [6, 6.07) is 6.28. The molecule has 0 radical (unpaired) electrons. The van der Waals surface area contributed by atoms with E-state index in [9.17, 15) is 19.1 Å². The number of carbonyl (C=O) groups is 1. The molecule has 1 saturated heterocycles. The molecule has 1 aliphatic heterocycles. The van der Waals surface area contributed by atoms with Crippen LogP contribution in [0, 0.1) is 18.6 Å². The molecule has 1 aliphatic rings. The van der Waals surface area contributed by atoms with Gasteiger partial charge in [0.15, 0.2) is 11.5 Å². The van der Waals surface area contributed by atoms with Gasteiger partial charge in [0.2, 0.25) is 5.91 Å². The van der Waals surface area contributed by atoms with Crippen molar-refractivity contribution in [2.45, 2.75) is 19.9 Å². The molecule has 0 saturated carbocycles. The normalized spacial score (nSPS) is 15.8. The number of piperazine rings is 1. The summed E-state index contributed by atoms with van der Waals surface area (Å²) in [4.78, 5) is 42.7. The highest BCUT2D eigenvalue weighted by Crippen LogP contribution is 2.36. The van der Waals surface area contributed by atoms with Crippen molar-refractivity contribution in [3.63, 3.8) is 0 Å². The maximum atomic E-state index is 15.7. The minimum Gasteiger partial charge on any atom is -0.507 e. The lowest BCUT2D eigenvalue weighted by Crippen LogP contribution is -2.54. The predicted octanol–water partition coefficient (Wildman–Crippen LogP) is 3.29. The minimum atomic E-state index is -0.894. The van der Waals surface area contributed by atoms with Crippen LogP contribution in [0.2, 0.25) is 0 Å². The number of amides is 1. The maximum Gasteiger partial charge on any atom is 0.355 e. The van der Waals surface area contributed by atoms with Gasteiger partial charge < -0.3 is 14.9 Å². The van der Waals surface area contributed by atoms with E-state index in [-0.39, 0.29) is 37.4 Å². The summed E-state index contributed by atoms with van der Waals surface area (Å²) in [5.74, 6) is -2.25. The van der Waals surface area contributed by atoms with E-state index in [2.05, 4.69) is 21.5 Å². The summed E-state index contributed by atoms with van der Waals surface area (Å²) < 4.78 is 31.9. The van der Waals surface area contributed by atoms with E-state index in [4.69, 9.17) is 0 Å². The van der Waals surface area contributed by atoms with Gasteiger partial charge in [0, 0.05) is 31.9 Å². The molecule has 0 spiro atoms. The largest absolute Gasteiger partial charge is 0.507 e. The van der Waals surface area contributed by atoms with E-state index in [0.717, 1.165) is 17.7 Å². The molecule has 2 atom stereocenters. The lowest BCUT2D eigenvalue weighted by Gasteiger charge is -2.40. The molecule has 1 N–H and O–H groups in total.